The molecule has 9 heteroatoms. The third-order valence-corrected chi connectivity index (χ3v) is 7.43. The standard InChI is InChI=1S/C19H17N3O4S2/c20-27(23,24)16-4-6-17(7-5-16)28(25,26)22-13-10-15-2-1-3-18(19(15)22)14-8-11-21-12-9-14/h1-9,11-12H,10,13H2,(H2,20,23,24). The molecule has 0 saturated carbocycles. The molecule has 28 heavy (non-hydrogen) atoms. The summed E-state index contributed by atoms with van der Waals surface area (Å²) in [6, 6.07) is 14.3. The van der Waals surface area contributed by atoms with Gasteiger partial charge in [0.05, 0.1) is 15.5 Å². The van der Waals surface area contributed by atoms with Gasteiger partial charge in [0.2, 0.25) is 10.0 Å². The first-order chi connectivity index (χ1) is 13.3. The van der Waals surface area contributed by atoms with Gasteiger partial charge in [-0.05, 0) is 53.9 Å². The molecular weight excluding hydrogens is 398 g/mol. The van der Waals surface area contributed by atoms with E-state index in [0.717, 1.165) is 16.7 Å². The maximum atomic E-state index is 13.3. The molecule has 1 aromatic heterocycles. The van der Waals surface area contributed by atoms with Crippen molar-refractivity contribution in [1.82, 2.24) is 4.98 Å². The Kier molecular flexibility index (Phi) is 4.45. The summed E-state index contributed by atoms with van der Waals surface area (Å²) in [5.74, 6) is 0. The molecule has 0 unspecified atom stereocenters. The van der Waals surface area contributed by atoms with Gasteiger partial charge >= 0.3 is 0 Å². The zero-order valence-corrected chi connectivity index (χ0v) is 16.3. The van der Waals surface area contributed by atoms with Crippen LogP contribution in [0.3, 0.4) is 0 Å². The summed E-state index contributed by atoms with van der Waals surface area (Å²) in [6.45, 7) is 0.316. The molecule has 0 amide bonds. The Morgan fingerprint density at radius 2 is 1.50 bits per heavy atom. The smallest absolute Gasteiger partial charge is 0.264 e. The van der Waals surface area contributed by atoms with Crippen LogP contribution in [-0.2, 0) is 26.5 Å². The van der Waals surface area contributed by atoms with Crippen molar-refractivity contribution in [3.63, 3.8) is 0 Å². The van der Waals surface area contributed by atoms with Gasteiger partial charge in [0.25, 0.3) is 10.0 Å². The molecule has 0 fully saturated rings. The summed E-state index contributed by atoms with van der Waals surface area (Å²) in [5.41, 5.74) is 3.27. The number of aromatic nitrogens is 1. The predicted octanol–water partition coefficient (Wildman–Crippen LogP) is 2.15. The highest BCUT2D eigenvalue weighted by molar-refractivity contribution is 7.93. The highest BCUT2D eigenvalue weighted by Crippen LogP contribution is 2.40. The van der Waals surface area contributed by atoms with E-state index in [4.69, 9.17) is 5.14 Å². The Morgan fingerprint density at radius 3 is 2.14 bits per heavy atom. The second-order valence-corrected chi connectivity index (χ2v) is 9.82. The van der Waals surface area contributed by atoms with Gasteiger partial charge in [-0.1, -0.05) is 18.2 Å². The lowest BCUT2D eigenvalue weighted by Gasteiger charge is -2.22. The molecule has 2 aromatic carbocycles. The van der Waals surface area contributed by atoms with Crippen molar-refractivity contribution in [3.8, 4) is 11.1 Å². The van der Waals surface area contributed by atoms with Crippen molar-refractivity contribution in [3.05, 3.63) is 72.6 Å². The molecule has 1 aliphatic rings. The molecule has 0 bridgehead atoms. The number of hydrogen-bond acceptors (Lipinski definition) is 5. The molecule has 0 spiro atoms. The second-order valence-electron chi connectivity index (χ2n) is 6.39. The Bertz CT molecular complexity index is 1240. The number of para-hydroxylation sites is 1. The zero-order valence-electron chi connectivity index (χ0n) is 14.7. The third kappa shape index (κ3) is 3.17. The van der Waals surface area contributed by atoms with Gasteiger partial charge in [-0.15, -0.1) is 0 Å². The van der Waals surface area contributed by atoms with E-state index < -0.39 is 20.0 Å². The predicted molar refractivity (Wildman–Crippen MR) is 106 cm³/mol. The number of hydrogen-bond donors (Lipinski definition) is 1. The van der Waals surface area contributed by atoms with E-state index >= 15 is 0 Å². The quantitative estimate of drug-likeness (QED) is 0.702. The van der Waals surface area contributed by atoms with Gasteiger partial charge in [-0.25, -0.2) is 22.0 Å². The number of nitrogens with two attached hydrogens (primary N) is 1. The average molecular weight is 415 g/mol. The molecule has 4 rings (SSSR count). The van der Waals surface area contributed by atoms with Gasteiger partial charge in [0, 0.05) is 24.5 Å². The van der Waals surface area contributed by atoms with Crippen molar-refractivity contribution in [2.45, 2.75) is 16.2 Å². The molecule has 7 nitrogen and oxygen atoms in total. The molecule has 144 valence electrons. The molecule has 2 heterocycles. The molecule has 0 radical (unpaired) electrons. The maximum Gasteiger partial charge on any atom is 0.264 e. The molecule has 3 aromatic rings. The highest BCUT2D eigenvalue weighted by Gasteiger charge is 2.33. The van der Waals surface area contributed by atoms with E-state index in [0.29, 0.717) is 18.7 Å². The van der Waals surface area contributed by atoms with Crippen LogP contribution in [0.1, 0.15) is 5.56 Å². The van der Waals surface area contributed by atoms with Crippen LogP contribution in [0.15, 0.2) is 76.8 Å². The highest BCUT2D eigenvalue weighted by atomic mass is 32.2. The van der Waals surface area contributed by atoms with Gasteiger partial charge in [-0.2, -0.15) is 0 Å². The Balaban J connectivity index is 1.81. The monoisotopic (exact) mass is 415 g/mol. The van der Waals surface area contributed by atoms with E-state index in [9.17, 15) is 16.8 Å². The number of anilines is 1. The number of fused-ring (bicyclic) bond motifs is 1. The van der Waals surface area contributed by atoms with Gasteiger partial charge < -0.3 is 0 Å². The molecule has 0 atom stereocenters. The number of benzene rings is 2. The summed E-state index contributed by atoms with van der Waals surface area (Å²) in [7, 11) is -7.75. The molecule has 1 aliphatic heterocycles. The maximum absolute atomic E-state index is 13.3. The number of nitrogens with zero attached hydrogens (tertiary/aromatic N) is 2. The van der Waals surface area contributed by atoms with E-state index in [-0.39, 0.29) is 9.79 Å². The van der Waals surface area contributed by atoms with Crippen molar-refractivity contribution in [2.24, 2.45) is 5.14 Å². The van der Waals surface area contributed by atoms with Crippen LogP contribution in [0.2, 0.25) is 0 Å². The second kappa shape index (κ2) is 6.69. The van der Waals surface area contributed by atoms with Crippen LogP contribution in [0, 0.1) is 0 Å². The Morgan fingerprint density at radius 1 is 0.857 bits per heavy atom. The first-order valence-corrected chi connectivity index (χ1v) is 11.4. The molecule has 0 aliphatic carbocycles. The van der Waals surface area contributed by atoms with Crippen LogP contribution in [0.5, 0.6) is 0 Å². The van der Waals surface area contributed by atoms with Crippen molar-refractivity contribution < 1.29 is 16.8 Å². The van der Waals surface area contributed by atoms with Gasteiger partial charge in [0.1, 0.15) is 0 Å². The fourth-order valence-corrected chi connectivity index (χ4v) is 5.39. The van der Waals surface area contributed by atoms with Crippen LogP contribution < -0.4 is 9.44 Å². The van der Waals surface area contributed by atoms with Crippen molar-refractivity contribution in [1.29, 1.82) is 0 Å². The minimum atomic E-state index is -3.89. The van der Waals surface area contributed by atoms with E-state index in [1.165, 1.54) is 28.6 Å². The third-order valence-electron chi connectivity index (χ3n) is 4.68. The SMILES string of the molecule is NS(=O)(=O)c1ccc(S(=O)(=O)N2CCc3cccc(-c4ccncc4)c32)cc1. The average Bonchev–Trinajstić information content (AvgIpc) is 3.13. The lowest BCUT2D eigenvalue weighted by molar-refractivity contribution is 0.590. The zero-order chi connectivity index (χ0) is 19.9. The van der Waals surface area contributed by atoms with Crippen LogP contribution in [0.4, 0.5) is 5.69 Å². The van der Waals surface area contributed by atoms with Crippen molar-refractivity contribution >= 4 is 25.7 Å². The summed E-state index contributed by atoms with van der Waals surface area (Å²) in [4.78, 5) is 3.89. The number of sulfonamides is 2. The van der Waals surface area contributed by atoms with E-state index in [2.05, 4.69) is 4.98 Å². The van der Waals surface area contributed by atoms with E-state index in [1.54, 1.807) is 12.4 Å². The Labute approximate surface area is 163 Å². The lowest BCUT2D eigenvalue weighted by Crippen LogP contribution is -2.29. The fraction of sp³-hybridized carbons (Fsp3) is 0.105. The van der Waals surface area contributed by atoms with Gasteiger partial charge in [-0.3, -0.25) is 9.29 Å². The topological polar surface area (TPSA) is 110 Å². The van der Waals surface area contributed by atoms with Crippen LogP contribution >= 0.6 is 0 Å². The number of pyridine rings is 1. The number of rotatable bonds is 4. The van der Waals surface area contributed by atoms with Gasteiger partial charge in [0.15, 0.2) is 0 Å². The van der Waals surface area contributed by atoms with E-state index in [1.807, 2.05) is 30.3 Å². The minimum Gasteiger partial charge on any atom is -0.265 e. The summed E-state index contributed by atoms with van der Waals surface area (Å²) in [5, 5.41) is 5.09. The first kappa shape index (κ1) is 18.6. The van der Waals surface area contributed by atoms with Crippen LogP contribution in [-0.4, -0.2) is 28.4 Å². The molecule has 0 saturated heterocycles. The largest absolute Gasteiger partial charge is 0.265 e. The van der Waals surface area contributed by atoms with Crippen LogP contribution in [0.25, 0.3) is 11.1 Å². The molecule has 2 N–H and O–H groups in total. The first-order valence-electron chi connectivity index (χ1n) is 8.46. The summed E-state index contributed by atoms with van der Waals surface area (Å²) >= 11 is 0. The van der Waals surface area contributed by atoms with Crippen molar-refractivity contribution in [2.75, 3.05) is 10.8 Å². The fourth-order valence-electron chi connectivity index (χ4n) is 3.35. The number of primary sulfonamides is 1. The summed E-state index contributed by atoms with van der Waals surface area (Å²) < 4.78 is 50.8. The summed E-state index contributed by atoms with van der Waals surface area (Å²) in [6.07, 6.45) is 3.92. The molecular formula is C19H17N3O4S2. The minimum absolute atomic E-state index is 0.0114. The lowest BCUT2D eigenvalue weighted by atomic mass is 10.0. The Hall–Kier alpha value is -2.75. The normalized spacial score (nSPS) is 14.1.